The molecule has 0 radical (unpaired) electrons. The van der Waals surface area contributed by atoms with E-state index in [0.29, 0.717) is 18.0 Å². The molecule has 0 saturated carbocycles. The van der Waals surface area contributed by atoms with Crippen LogP contribution in [0.2, 0.25) is 0 Å². The second-order valence-corrected chi connectivity index (χ2v) is 4.87. The number of thiophene rings is 1. The molecule has 0 spiro atoms. The van der Waals surface area contributed by atoms with Crippen LogP contribution in [0.15, 0.2) is 12.1 Å². The second kappa shape index (κ2) is 4.13. The maximum absolute atomic E-state index is 11.6. The molecule has 1 N–H and O–H groups in total. The van der Waals surface area contributed by atoms with Gasteiger partial charge in [-0.3, -0.25) is 0 Å². The van der Waals surface area contributed by atoms with Gasteiger partial charge in [-0.25, -0.2) is 9.59 Å². The van der Waals surface area contributed by atoms with Gasteiger partial charge < -0.3 is 14.9 Å². The number of likely N-dealkylation sites (N-methyl/N-ethyl adjacent to an activating group) is 1. The van der Waals surface area contributed by atoms with E-state index in [-0.39, 0.29) is 6.03 Å². The molecule has 16 heavy (non-hydrogen) atoms. The minimum absolute atomic E-state index is 0.00488. The molecule has 2 amide bonds. The summed E-state index contributed by atoms with van der Waals surface area (Å²) in [5, 5.41) is 8.77. The Morgan fingerprint density at radius 1 is 1.50 bits per heavy atom. The van der Waals surface area contributed by atoms with E-state index >= 15 is 0 Å². The number of hydrogen-bond donors (Lipinski definition) is 1. The van der Waals surface area contributed by atoms with Crippen molar-refractivity contribution in [2.45, 2.75) is 6.54 Å². The van der Waals surface area contributed by atoms with Crippen LogP contribution in [0.25, 0.3) is 0 Å². The van der Waals surface area contributed by atoms with Crippen molar-refractivity contribution in [3.8, 4) is 0 Å². The first-order chi connectivity index (χ1) is 7.58. The number of amides is 2. The van der Waals surface area contributed by atoms with E-state index in [1.54, 1.807) is 29.0 Å². The molecule has 2 rings (SSSR count). The highest BCUT2D eigenvalue weighted by Crippen LogP contribution is 2.20. The van der Waals surface area contributed by atoms with Gasteiger partial charge in [0.25, 0.3) is 0 Å². The van der Waals surface area contributed by atoms with Crippen molar-refractivity contribution in [2.75, 3.05) is 20.1 Å². The van der Waals surface area contributed by atoms with E-state index in [9.17, 15) is 9.59 Å². The highest BCUT2D eigenvalue weighted by molar-refractivity contribution is 7.13. The number of carbonyl (C=O) groups excluding carboxylic acids is 1. The minimum atomic E-state index is -0.916. The summed E-state index contributed by atoms with van der Waals surface area (Å²) in [6, 6.07) is 3.34. The van der Waals surface area contributed by atoms with Crippen molar-refractivity contribution >= 4 is 23.3 Å². The first kappa shape index (κ1) is 10.9. The first-order valence-corrected chi connectivity index (χ1v) is 5.71. The fourth-order valence-corrected chi connectivity index (χ4v) is 2.48. The molecular formula is C10H12N2O3S. The number of carbonyl (C=O) groups is 2. The Kier molecular flexibility index (Phi) is 2.82. The summed E-state index contributed by atoms with van der Waals surface area (Å²) in [5.41, 5.74) is 0. The van der Waals surface area contributed by atoms with Gasteiger partial charge in [-0.15, -0.1) is 11.3 Å². The maximum atomic E-state index is 11.6. The summed E-state index contributed by atoms with van der Waals surface area (Å²) in [6.07, 6.45) is 0. The van der Waals surface area contributed by atoms with E-state index in [4.69, 9.17) is 5.11 Å². The zero-order valence-electron chi connectivity index (χ0n) is 8.84. The normalized spacial score (nSPS) is 15.9. The lowest BCUT2D eigenvalue weighted by Crippen LogP contribution is -2.28. The monoisotopic (exact) mass is 240 g/mol. The van der Waals surface area contributed by atoms with Gasteiger partial charge in [0.1, 0.15) is 4.88 Å². The molecule has 1 aromatic rings. The number of carboxylic acid groups (broad SMARTS) is 1. The Morgan fingerprint density at radius 2 is 2.25 bits per heavy atom. The third-order valence-electron chi connectivity index (χ3n) is 2.52. The lowest BCUT2D eigenvalue weighted by atomic mass is 10.4. The predicted octanol–water partition coefficient (Wildman–Crippen LogP) is 1.31. The summed E-state index contributed by atoms with van der Waals surface area (Å²) < 4.78 is 0. The van der Waals surface area contributed by atoms with Crippen molar-refractivity contribution in [1.29, 1.82) is 0 Å². The van der Waals surface area contributed by atoms with Crippen LogP contribution in [0.1, 0.15) is 14.5 Å². The minimum Gasteiger partial charge on any atom is -0.477 e. The standard InChI is InChI=1S/C10H12N2O3S/c1-11-4-5-12(10(11)15)6-7-2-3-8(16-7)9(13)14/h2-3H,4-6H2,1H3,(H,13,14). The predicted molar refractivity (Wildman–Crippen MR) is 59.7 cm³/mol. The first-order valence-electron chi connectivity index (χ1n) is 4.90. The molecule has 0 atom stereocenters. The lowest BCUT2D eigenvalue weighted by Gasteiger charge is -2.14. The molecule has 1 aliphatic heterocycles. The molecule has 0 aliphatic carbocycles. The topological polar surface area (TPSA) is 60.9 Å². The summed E-state index contributed by atoms with van der Waals surface area (Å²) in [7, 11) is 1.76. The fourth-order valence-electron chi connectivity index (χ4n) is 1.62. The van der Waals surface area contributed by atoms with E-state index in [1.807, 2.05) is 0 Å². The third kappa shape index (κ3) is 2.01. The van der Waals surface area contributed by atoms with Crippen molar-refractivity contribution in [3.63, 3.8) is 0 Å². The van der Waals surface area contributed by atoms with Crippen LogP contribution in [-0.4, -0.2) is 47.0 Å². The van der Waals surface area contributed by atoms with Gasteiger partial charge in [0.05, 0.1) is 6.54 Å². The quantitative estimate of drug-likeness (QED) is 0.866. The van der Waals surface area contributed by atoms with Crippen LogP contribution >= 0.6 is 11.3 Å². The number of rotatable bonds is 3. The van der Waals surface area contributed by atoms with Gasteiger partial charge in [-0.05, 0) is 12.1 Å². The van der Waals surface area contributed by atoms with E-state index in [1.165, 1.54) is 11.3 Å². The van der Waals surface area contributed by atoms with Gasteiger partial charge in [0.15, 0.2) is 0 Å². The van der Waals surface area contributed by atoms with E-state index in [0.717, 1.165) is 11.4 Å². The molecule has 1 aromatic heterocycles. The molecular weight excluding hydrogens is 228 g/mol. The van der Waals surface area contributed by atoms with Crippen molar-refractivity contribution < 1.29 is 14.7 Å². The Morgan fingerprint density at radius 3 is 2.75 bits per heavy atom. The average Bonchev–Trinajstić information content (AvgIpc) is 2.81. The molecule has 86 valence electrons. The molecule has 0 unspecified atom stereocenters. The maximum Gasteiger partial charge on any atom is 0.345 e. The lowest BCUT2D eigenvalue weighted by molar-refractivity contribution is 0.0702. The third-order valence-corrected chi connectivity index (χ3v) is 3.58. The molecule has 1 saturated heterocycles. The highest BCUT2D eigenvalue weighted by atomic mass is 32.1. The molecule has 1 aliphatic rings. The van der Waals surface area contributed by atoms with Crippen LogP contribution in [0, 0.1) is 0 Å². The molecule has 0 bridgehead atoms. The highest BCUT2D eigenvalue weighted by Gasteiger charge is 2.25. The van der Waals surface area contributed by atoms with Crippen molar-refractivity contribution in [1.82, 2.24) is 9.80 Å². The van der Waals surface area contributed by atoms with Gasteiger partial charge in [-0.1, -0.05) is 0 Å². The Bertz CT molecular complexity index is 429. The number of nitrogens with zero attached hydrogens (tertiary/aromatic N) is 2. The van der Waals surface area contributed by atoms with Gasteiger partial charge in [-0.2, -0.15) is 0 Å². The van der Waals surface area contributed by atoms with Gasteiger partial charge in [0.2, 0.25) is 0 Å². The Labute approximate surface area is 96.9 Å². The molecule has 2 heterocycles. The summed E-state index contributed by atoms with van der Waals surface area (Å²) in [5.74, 6) is -0.916. The van der Waals surface area contributed by atoms with Crippen LogP contribution in [0.3, 0.4) is 0 Å². The van der Waals surface area contributed by atoms with Crippen LogP contribution in [0.5, 0.6) is 0 Å². The van der Waals surface area contributed by atoms with Gasteiger partial charge in [0, 0.05) is 25.0 Å². The summed E-state index contributed by atoms with van der Waals surface area (Å²) in [6.45, 7) is 1.94. The van der Waals surface area contributed by atoms with Crippen molar-refractivity contribution in [3.05, 3.63) is 21.9 Å². The summed E-state index contributed by atoms with van der Waals surface area (Å²) in [4.78, 5) is 26.9. The van der Waals surface area contributed by atoms with E-state index in [2.05, 4.69) is 0 Å². The fraction of sp³-hybridized carbons (Fsp3) is 0.400. The smallest absolute Gasteiger partial charge is 0.345 e. The Balaban J connectivity index is 2.04. The SMILES string of the molecule is CN1CCN(Cc2ccc(C(=O)O)s2)C1=O. The molecule has 5 nitrogen and oxygen atoms in total. The zero-order valence-corrected chi connectivity index (χ0v) is 9.66. The van der Waals surface area contributed by atoms with Crippen LogP contribution < -0.4 is 0 Å². The Hall–Kier alpha value is -1.56. The largest absolute Gasteiger partial charge is 0.477 e. The summed E-state index contributed by atoms with van der Waals surface area (Å²) >= 11 is 1.22. The average molecular weight is 240 g/mol. The van der Waals surface area contributed by atoms with Crippen LogP contribution in [0.4, 0.5) is 4.79 Å². The number of urea groups is 1. The molecule has 0 aromatic carbocycles. The second-order valence-electron chi connectivity index (χ2n) is 3.70. The molecule has 6 heteroatoms. The van der Waals surface area contributed by atoms with Crippen molar-refractivity contribution in [2.24, 2.45) is 0 Å². The molecule has 1 fully saturated rings. The number of carboxylic acids is 1. The zero-order chi connectivity index (χ0) is 11.7. The number of aromatic carboxylic acids is 1. The van der Waals surface area contributed by atoms with E-state index < -0.39 is 5.97 Å². The number of hydrogen-bond acceptors (Lipinski definition) is 3. The van der Waals surface area contributed by atoms with Gasteiger partial charge >= 0.3 is 12.0 Å². The van der Waals surface area contributed by atoms with Crippen LogP contribution in [-0.2, 0) is 6.54 Å².